The molecule has 0 aliphatic rings. The van der Waals surface area contributed by atoms with Gasteiger partial charge in [0.15, 0.2) is 0 Å². The first-order chi connectivity index (χ1) is 12.6. The predicted octanol–water partition coefficient (Wildman–Crippen LogP) is 4.46. The minimum Gasteiger partial charge on any atom is -0.459 e. The first-order valence-corrected chi connectivity index (χ1v) is 10.8. The van der Waals surface area contributed by atoms with Crippen LogP contribution >= 0.6 is 31.9 Å². The van der Waals surface area contributed by atoms with Gasteiger partial charge in [-0.1, -0.05) is 62.2 Å². The van der Waals surface area contributed by atoms with Crippen LogP contribution in [0.15, 0.2) is 54.6 Å². The predicted molar refractivity (Wildman–Crippen MR) is 116 cm³/mol. The lowest BCUT2D eigenvalue weighted by Crippen LogP contribution is -2.28. The molecule has 2 rings (SSSR count). The highest BCUT2D eigenvalue weighted by Gasteiger charge is 2.10. The maximum Gasteiger partial charge on any atom is 0.325 e. The fourth-order valence-electron chi connectivity index (χ4n) is 2.56. The van der Waals surface area contributed by atoms with Crippen molar-refractivity contribution in [2.24, 2.45) is 0 Å². The Morgan fingerprint density at radius 3 is 2.08 bits per heavy atom. The molecule has 0 radical (unpaired) electrons. The van der Waals surface area contributed by atoms with Crippen LogP contribution < -0.4 is 9.80 Å². The van der Waals surface area contributed by atoms with Crippen LogP contribution in [-0.2, 0) is 16.1 Å². The summed E-state index contributed by atoms with van der Waals surface area (Å²) in [5.74, 6) is -0.236. The largest absolute Gasteiger partial charge is 0.459 e. The van der Waals surface area contributed by atoms with E-state index >= 15 is 0 Å². The Bertz CT molecular complexity index is 659. The highest BCUT2D eigenvalue weighted by atomic mass is 79.9. The maximum absolute atomic E-state index is 12.1. The van der Waals surface area contributed by atoms with Gasteiger partial charge >= 0.3 is 5.97 Å². The SMILES string of the molecule is CN(CC(=O)OCc1ccccc1)c1ccc(N(CCBr)CCBr)cc1. The van der Waals surface area contributed by atoms with Crippen molar-refractivity contribution in [3.63, 3.8) is 0 Å². The van der Waals surface area contributed by atoms with Crippen LogP contribution in [0, 0.1) is 0 Å². The molecule has 0 aliphatic heterocycles. The summed E-state index contributed by atoms with van der Waals surface area (Å²) in [6.07, 6.45) is 0. The van der Waals surface area contributed by atoms with Gasteiger partial charge in [0, 0.05) is 42.2 Å². The summed E-state index contributed by atoms with van der Waals surface area (Å²) < 4.78 is 5.35. The van der Waals surface area contributed by atoms with Crippen molar-refractivity contribution < 1.29 is 9.53 Å². The number of halogens is 2. The molecule has 0 aliphatic carbocycles. The molecule has 0 aromatic heterocycles. The quantitative estimate of drug-likeness (QED) is 0.369. The molecule has 0 fully saturated rings. The van der Waals surface area contributed by atoms with E-state index in [1.165, 1.54) is 5.69 Å². The van der Waals surface area contributed by atoms with Crippen LogP contribution in [0.3, 0.4) is 0 Å². The summed E-state index contributed by atoms with van der Waals surface area (Å²) in [6, 6.07) is 18.0. The Labute approximate surface area is 172 Å². The zero-order valence-electron chi connectivity index (χ0n) is 14.9. The molecule has 0 unspecified atom stereocenters. The summed E-state index contributed by atoms with van der Waals surface area (Å²) in [5.41, 5.74) is 3.15. The minimum atomic E-state index is -0.236. The van der Waals surface area contributed by atoms with E-state index in [0.717, 1.165) is 35.0 Å². The molecule has 0 N–H and O–H groups in total. The van der Waals surface area contributed by atoms with Crippen molar-refractivity contribution in [1.82, 2.24) is 0 Å². The minimum absolute atomic E-state index is 0.221. The third-order valence-corrected chi connectivity index (χ3v) is 4.68. The Morgan fingerprint density at radius 1 is 0.923 bits per heavy atom. The summed E-state index contributed by atoms with van der Waals surface area (Å²) in [7, 11) is 1.90. The van der Waals surface area contributed by atoms with E-state index in [2.05, 4.69) is 48.9 Å². The van der Waals surface area contributed by atoms with Gasteiger partial charge in [0.2, 0.25) is 0 Å². The summed E-state index contributed by atoms with van der Waals surface area (Å²) >= 11 is 6.99. The molecule has 0 atom stereocenters. The third kappa shape index (κ3) is 6.65. The van der Waals surface area contributed by atoms with Gasteiger partial charge in [-0.25, -0.2) is 0 Å². The topological polar surface area (TPSA) is 32.8 Å². The second-order valence-electron chi connectivity index (χ2n) is 5.88. The van der Waals surface area contributed by atoms with Gasteiger partial charge in [0.05, 0.1) is 0 Å². The Morgan fingerprint density at radius 2 is 1.50 bits per heavy atom. The van der Waals surface area contributed by atoms with Crippen LogP contribution in [0.4, 0.5) is 11.4 Å². The highest BCUT2D eigenvalue weighted by molar-refractivity contribution is 9.09. The molecule has 0 bridgehead atoms. The van der Waals surface area contributed by atoms with Crippen molar-refractivity contribution >= 4 is 49.2 Å². The zero-order valence-corrected chi connectivity index (χ0v) is 18.1. The van der Waals surface area contributed by atoms with Gasteiger partial charge in [-0.05, 0) is 29.8 Å². The molecule has 6 heteroatoms. The fraction of sp³-hybridized carbons (Fsp3) is 0.350. The molecule has 2 aromatic rings. The van der Waals surface area contributed by atoms with Crippen LogP contribution in [0.5, 0.6) is 0 Å². The van der Waals surface area contributed by atoms with Crippen LogP contribution in [0.2, 0.25) is 0 Å². The summed E-state index contributed by atoms with van der Waals surface area (Å²) in [5, 5.41) is 1.85. The molecule has 0 amide bonds. The number of carbonyl (C=O) groups is 1. The van der Waals surface area contributed by atoms with E-state index in [-0.39, 0.29) is 12.5 Å². The van der Waals surface area contributed by atoms with Crippen LogP contribution in [0.1, 0.15) is 5.56 Å². The number of carbonyl (C=O) groups excluding carboxylic acids is 1. The Kier molecular flexibility index (Phi) is 8.98. The number of anilines is 2. The molecule has 0 saturated carbocycles. The van der Waals surface area contributed by atoms with Gasteiger partial charge in [0.1, 0.15) is 13.2 Å². The van der Waals surface area contributed by atoms with Crippen molar-refractivity contribution in [3.8, 4) is 0 Å². The number of ether oxygens (including phenoxy) is 1. The first kappa shape index (κ1) is 20.8. The highest BCUT2D eigenvalue weighted by Crippen LogP contribution is 2.20. The first-order valence-electron chi connectivity index (χ1n) is 8.51. The van der Waals surface area contributed by atoms with Gasteiger partial charge in [-0.15, -0.1) is 0 Å². The van der Waals surface area contributed by atoms with E-state index in [9.17, 15) is 4.79 Å². The Hall–Kier alpha value is -1.53. The van der Waals surface area contributed by atoms with E-state index in [1.54, 1.807) is 0 Å². The van der Waals surface area contributed by atoms with E-state index in [0.29, 0.717) is 6.61 Å². The molecule has 4 nitrogen and oxygen atoms in total. The lowest BCUT2D eigenvalue weighted by Gasteiger charge is -2.24. The van der Waals surface area contributed by atoms with E-state index < -0.39 is 0 Å². The number of nitrogens with zero attached hydrogens (tertiary/aromatic N) is 2. The van der Waals surface area contributed by atoms with Gasteiger partial charge in [-0.3, -0.25) is 4.79 Å². The van der Waals surface area contributed by atoms with Crippen molar-refractivity contribution in [2.75, 3.05) is 47.1 Å². The lowest BCUT2D eigenvalue weighted by molar-refractivity contribution is -0.143. The summed E-state index contributed by atoms with van der Waals surface area (Å²) in [4.78, 5) is 16.3. The number of hydrogen-bond acceptors (Lipinski definition) is 4. The molecule has 0 saturated heterocycles. The maximum atomic E-state index is 12.1. The summed E-state index contributed by atoms with van der Waals surface area (Å²) in [6.45, 7) is 2.43. The number of rotatable bonds is 10. The normalized spacial score (nSPS) is 10.4. The average molecular weight is 484 g/mol. The molecule has 0 spiro atoms. The smallest absolute Gasteiger partial charge is 0.325 e. The second kappa shape index (κ2) is 11.2. The molecular weight excluding hydrogens is 460 g/mol. The van der Waals surface area contributed by atoms with Crippen LogP contribution in [0.25, 0.3) is 0 Å². The molecule has 140 valence electrons. The molecule has 0 heterocycles. The monoisotopic (exact) mass is 482 g/mol. The average Bonchev–Trinajstić information content (AvgIpc) is 2.67. The number of benzene rings is 2. The van der Waals surface area contributed by atoms with E-state index in [1.807, 2.05) is 54.4 Å². The number of alkyl halides is 2. The molecule has 26 heavy (non-hydrogen) atoms. The standard InChI is InChI=1S/C20H24Br2N2O2/c1-23(15-20(25)26-16-17-5-3-2-4-6-17)18-7-9-19(10-8-18)24(13-11-21)14-12-22/h2-10H,11-16H2,1H3. The van der Waals surface area contributed by atoms with Crippen molar-refractivity contribution in [1.29, 1.82) is 0 Å². The van der Waals surface area contributed by atoms with Crippen molar-refractivity contribution in [2.45, 2.75) is 6.61 Å². The third-order valence-electron chi connectivity index (χ3n) is 3.97. The number of likely N-dealkylation sites (N-methyl/N-ethyl adjacent to an activating group) is 1. The Balaban J connectivity index is 1.88. The van der Waals surface area contributed by atoms with Gasteiger partial charge in [-0.2, -0.15) is 0 Å². The van der Waals surface area contributed by atoms with Gasteiger partial charge in [0.25, 0.3) is 0 Å². The second-order valence-corrected chi connectivity index (χ2v) is 7.47. The lowest BCUT2D eigenvalue weighted by atomic mass is 10.2. The zero-order chi connectivity index (χ0) is 18.8. The van der Waals surface area contributed by atoms with Crippen LogP contribution in [-0.4, -0.2) is 43.3 Å². The number of hydrogen-bond donors (Lipinski definition) is 0. The number of esters is 1. The van der Waals surface area contributed by atoms with Crippen molar-refractivity contribution in [3.05, 3.63) is 60.2 Å². The van der Waals surface area contributed by atoms with E-state index in [4.69, 9.17) is 4.74 Å². The fourth-order valence-corrected chi connectivity index (χ4v) is 3.42. The molecular formula is C20H24Br2N2O2. The van der Waals surface area contributed by atoms with Gasteiger partial charge < -0.3 is 14.5 Å². The molecule has 2 aromatic carbocycles.